The molecule has 6 nitrogen and oxygen atoms in total. The van der Waals surface area contributed by atoms with E-state index in [1.54, 1.807) is 0 Å². The van der Waals surface area contributed by atoms with E-state index in [2.05, 4.69) is 69.4 Å². The molecule has 0 aromatic heterocycles. The van der Waals surface area contributed by atoms with Crippen LogP contribution >= 0.6 is 0 Å². The molecule has 1 atom stereocenters. The third-order valence-corrected chi connectivity index (χ3v) is 16.1. The smallest absolute Gasteiger partial charge is 0.306 e. The molecule has 0 bridgehead atoms. The van der Waals surface area contributed by atoms with Gasteiger partial charge in [-0.05, 0) is 83.5 Å². The monoisotopic (exact) mass is 1120 g/mol. The number of hydrogen-bond donors (Lipinski definition) is 0. The lowest BCUT2D eigenvalue weighted by atomic mass is 10.0. The van der Waals surface area contributed by atoms with E-state index in [0.29, 0.717) is 19.3 Å². The zero-order chi connectivity index (χ0) is 57.8. The molecule has 468 valence electrons. The van der Waals surface area contributed by atoms with E-state index >= 15 is 0 Å². The van der Waals surface area contributed by atoms with Crippen molar-refractivity contribution in [3.8, 4) is 0 Å². The second-order valence-electron chi connectivity index (χ2n) is 24.1. The predicted molar refractivity (Wildman–Crippen MR) is 349 cm³/mol. The Morgan fingerprint density at radius 2 is 0.450 bits per heavy atom. The van der Waals surface area contributed by atoms with Crippen molar-refractivity contribution in [2.24, 2.45) is 0 Å². The van der Waals surface area contributed by atoms with E-state index in [0.717, 1.165) is 70.6 Å². The van der Waals surface area contributed by atoms with Crippen LogP contribution in [0.1, 0.15) is 387 Å². The summed E-state index contributed by atoms with van der Waals surface area (Å²) < 4.78 is 17.0. The normalized spacial score (nSPS) is 12.3. The van der Waals surface area contributed by atoms with E-state index in [-0.39, 0.29) is 31.1 Å². The van der Waals surface area contributed by atoms with Gasteiger partial charge in [0.25, 0.3) is 0 Å². The lowest BCUT2D eigenvalue weighted by Gasteiger charge is -2.18. The first-order valence-electron chi connectivity index (χ1n) is 35.6. The Labute approximate surface area is 498 Å². The maximum atomic E-state index is 13.0. The molecule has 0 heterocycles. The topological polar surface area (TPSA) is 78.9 Å². The number of unbranched alkanes of at least 4 members (excludes halogenated alkanes) is 47. The minimum atomic E-state index is -0.774. The molecule has 0 aliphatic rings. The first kappa shape index (κ1) is 77.4. The third kappa shape index (κ3) is 66.2. The maximum absolute atomic E-state index is 13.0. The number of hydrogen-bond acceptors (Lipinski definition) is 6. The fourth-order valence-corrected chi connectivity index (χ4v) is 10.7. The molecule has 0 saturated carbocycles. The summed E-state index contributed by atoms with van der Waals surface area (Å²) in [6.45, 7) is 6.68. The highest BCUT2D eigenvalue weighted by molar-refractivity contribution is 5.71. The van der Waals surface area contributed by atoms with E-state index < -0.39 is 6.10 Å². The Balaban J connectivity index is 4.25. The second kappa shape index (κ2) is 68.9. The van der Waals surface area contributed by atoms with Gasteiger partial charge in [-0.1, -0.05) is 333 Å². The highest BCUT2D eigenvalue weighted by atomic mass is 16.6. The summed E-state index contributed by atoms with van der Waals surface area (Å²) in [5.41, 5.74) is 0. The van der Waals surface area contributed by atoms with Gasteiger partial charge in [0.05, 0.1) is 0 Å². The average Bonchev–Trinajstić information content (AvgIpc) is 3.46. The lowest BCUT2D eigenvalue weighted by Crippen LogP contribution is -2.30. The number of rotatable bonds is 66. The number of esters is 3. The van der Waals surface area contributed by atoms with Crippen LogP contribution in [0.25, 0.3) is 0 Å². The minimum Gasteiger partial charge on any atom is -0.462 e. The zero-order valence-corrected chi connectivity index (χ0v) is 53.9. The Morgan fingerprint density at radius 3 is 0.688 bits per heavy atom. The van der Waals surface area contributed by atoms with Crippen LogP contribution in [0.2, 0.25) is 0 Å². The molecule has 0 fully saturated rings. The van der Waals surface area contributed by atoms with E-state index in [9.17, 15) is 14.4 Å². The number of carbonyl (C=O) groups is 3. The first-order chi connectivity index (χ1) is 39.5. The summed E-state index contributed by atoms with van der Waals surface area (Å²) in [6.07, 6.45) is 87.1. The van der Waals surface area contributed by atoms with Gasteiger partial charge in [0.2, 0.25) is 0 Å². The highest BCUT2D eigenvalue weighted by Gasteiger charge is 2.19. The van der Waals surface area contributed by atoms with E-state index in [1.165, 1.54) is 276 Å². The van der Waals surface area contributed by atoms with E-state index in [1.807, 2.05) is 0 Å². The molecule has 80 heavy (non-hydrogen) atoms. The van der Waals surface area contributed by atoms with Gasteiger partial charge in [0.1, 0.15) is 13.2 Å². The quantitative estimate of drug-likeness (QED) is 0.0261. The molecule has 0 rings (SSSR count). The summed E-state index contributed by atoms with van der Waals surface area (Å²) in [4.78, 5) is 38.4. The Kier molecular flexibility index (Phi) is 66.6. The fourth-order valence-electron chi connectivity index (χ4n) is 10.7. The molecular formula is C74H136O6. The zero-order valence-electron chi connectivity index (χ0n) is 53.9. The molecule has 0 aromatic carbocycles. The van der Waals surface area contributed by atoms with Gasteiger partial charge in [-0.15, -0.1) is 0 Å². The van der Waals surface area contributed by atoms with Crippen molar-refractivity contribution in [1.82, 2.24) is 0 Å². The van der Waals surface area contributed by atoms with E-state index in [4.69, 9.17) is 14.2 Å². The molecular weight excluding hydrogens is 985 g/mol. The molecule has 0 radical (unpaired) electrons. The van der Waals surface area contributed by atoms with Gasteiger partial charge in [-0.25, -0.2) is 0 Å². The van der Waals surface area contributed by atoms with Crippen molar-refractivity contribution in [2.45, 2.75) is 393 Å². The van der Waals surface area contributed by atoms with Crippen LogP contribution < -0.4 is 0 Å². The molecule has 0 aliphatic carbocycles. The average molecular weight is 1120 g/mol. The number of carbonyl (C=O) groups excluding carboxylic acids is 3. The van der Waals surface area contributed by atoms with Gasteiger partial charge in [-0.3, -0.25) is 14.4 Å². The van der Waals surface area contributed by atoms with Gasteiger partial charge in [-0.2, -0.15) is 0 Å². The Bertz CT molecular complexity index is 1380. The number of allylic oxidation sites excluding steroid dienone is 8. The molecule has 0 saturated heterocycles. The van der Waals surface area contributed by atoms with Crippen molar-refractivity contribution in [3.05, 3.63) is 48.6 Å². The summed E-state index contributed by atoms with van der Waals surface area (Å²) in [7, 11) is 0. The fraction of sp³-hybridized carbons (Fsp3) is 0.851. The van der Waals surface area contributed by atoms with Crippen LogP contribution in [0.15, 0.2) is 48.6 Å². The summed E-state index contributed by atoms with van der Waals surface area (Å²) in [5, 5.41) is 0. The number of ether oxygens (including phenoxy) is 3. The van der Waals surface area contributed by atoms with Gasteiger partial charge in [0, 0.05) is 19.3 Å². The Hall–Kier alpha value is -2.63. The van der Waals surface area contributed by atoms with Crippen molar-refractivity contribution < 1.29 is 28.6 Å². The van der Waals surface area contributed by atoms with Crippen LogP contribution in [0, 0.1) is 0 Å². The second-order valence-corrected chi connectivity index (χ2v) is 24.1. The molecule has 0 aliphatic heterocycles. The molecule has 0 aromatic rings. The van der Waals surface area contributed by atoms with Crippen molar-refractivity contribution in [1.29, 1.82) is 0 Å². The minimum absolute atomic E-state index is 0.0697. The summed E-state index contributed by atoms with van der Waals surface area (Å²) in [6, 6.07) is 0. The molecule has 0 N–H and O–H groups in total. The predicted octanol–water partition coefficient (Wildman–Crippen LogP) is 24.5. The van der Waals surface area contributed by atoms with Gasteiger partial charge in [0.15, 0.2) is 6.10 Å². The first-order valence-corrected chi connectivity index (χ1v) is 35.6. The van der Waals surface area contributed by atoms with Gasteiger partial charge < -0.3 is 14.2 Å². The lowest BCUT2D eigenvalue weighted by molar-refractivity contribution is -0.167. The molecule has 6 heteroatoms. The van der Waals surface area contributed by atoms with Crippen molar-refractivity contribution in [3.63, 3.8) is 0 Å². The Morgan fingerprint density at radius 1 is 0.250 bits per heavy atom. The van der Waals surface area contributed by atoms with Crippen LogP contribution in [-0.2, 0) is 28.6 Å². The van der Waals surface area contributed by atoms with Crippen LogP contribution in [0.4, 0.5) is 0 Å². The summed E-state index contributed by atoms with van der Waals surface area (Å²) in [5.74, 6) is -0.847. The van der Waals surface area contributed by atoms with Crippen molar-refractivity contribution in [2.75, 3.05) is 13.2 Å². The van der Waals surface area contributed by atoms with Crippen LogP contribution in [-0.4, -0.2) is 37.2 Å². The highest BCUT2D eigenvalue weighted by Crippen LogP contribution is 2.18. The van der Waals surface area contributed by atoms with Crippen LogP contribution in [0.5, 0.6) is 0 Å². The van der Waals surface area contributed by atoms with Crippen LogP contribution in [0.3, 0.4) is 0 Å². The molecule has 1 unspecified atom stereocenters. The third-order valence-electron chi connectivity index (χ3n) is 16.1. The van der Waals surface area contributed by atoms with Gasteiger partial charge >= 0.3 is 17.9 Å². The molecule has 0 spiro atoms. The SMILES string of the molecule is CCCCCCC/C=C\C/C=C\CCCCCCCCCCCCCCCCCC(=O)OCC(COC(=O)CCCCCCCCCCCCCCCC)OC(=O)CCCCCCCCCCC/C=C\C/C=C\CCCCCCC. The summed E-state index contributed by atoms with van der Waals surface area (Å²) >= 11 is 0. The van der Waals surface area contributed by atoms with Crippen molar-refractivity contribution >= 4 is 17.9 Å². The largest absolute Gasteiger partial charge is 0.462 e. The molecule has 0 amide bonds. The standard InChI is InChI=1S/C74H136O6/c1-4-7-10-13-16-19-22-25-28-30-32-34-35-36-37-38-39-41-42-44-46-49-52-55-58-61-64-67-73(76)79-70-71(69-78-72(75)66-63-60-57-54-51-48-27-24-21-18-15-12-9-6-3)80-74(77)68-65-62-59-56-53-50-47-45-43-40-33-31-29-26-23-20-17-14-11-8-5-2/h22-23,25-26,30-33,71H,4-21,24,27-29,34-70H2,1-3H3/b25-22-,26-23-,32-30-,33-31-. The maximum Gasteiger partial charge on any atom is 0.306 e.